The lowest BCUT2D eigenvalue weighted by molar-refractivity contribution is 0.0308. The van der Waals surface area contributed by atoms with Crippen LogP contribution in [0.3, 0.4) is 0 Å². The lowest BCUT2D eigenvalue weighted by Gasteiger charge is -2.27. The topological polar surface area (TPSA) is 55.7 Å². The molecule has 19 heavy (non-hydrogen) atoms. The lowest BCUT2D eigenvalue weighted by atomic mass is 10.1. The highest BCUT2D eigenvalue weighted by Gasteiger charge is 2.21. The van der Waals surface area contributed by atoms with E-state index in [2.05, 4.69) is 5.32 Å². The summed E-state index contributed by atoms with van der Waals surface area (Å²) in [5.41, 5.74) is -0.342. The predicted molar refractivity (Wildman–Crippen MR) is 73.4 cm³/mol. The molecule has 2 atom stereocenters. The number of likely N-dealkylation sites (N-methyl/N-ethyl adjacent to an activating group) is 1. The monoisotopic (exact) mass is 270 g/mol. The van der Waals surface area contributed by atoms with Crippen LogP contribution in [0.4, 0.5) is 4.39 Å². The number of benzene rings is 1. The zero-order chi connectivity index (χ0) is 14.5. The van der Waals surface area contributed by atoms with Gasteiger partial charge in [-0.25, -0.2) is 4.39 Å². The molecule has 0 spiro atoms. The highest BCUT2D eigenvalue weighted by atomic mass is 19.1. The molecule has 3 N–H and O–H groups in total. The molecule has 0 saturated carbocycles. The van der Waals surface area contributed by atoms with Crippen molar-refractivity contribution in [2.75, 3.05) is 33.7 Å². The molecular formula is C14H23FN2O2. The van der Waals surface area contributed by atoms with E-state index in [1.807, 2.05) is 19.0 Å². The third-order valence-electron chi connectivity index (χ3n) is 2.73. The molecule has 0 heterocycles. The summed E-state index contributed by atoms with van der Waals surface area (Å²) in [5, 5.41) is 23.0. The van der Waals surface area contributed by atoms with Crippen molar-refractivity contribution in [2.45, 2.75) is 18.6 Å². The van der Waals surface area contributed by atoms with Gasteiger partial charge < -0.3 is 20.4 Å². The number of halogens is 1. The van der Waals surface area contributed by atoms with Crippen molar-refractivity contribution in [3.63, 3.8) is 0 Å². The summed E-state index contributed by atoms with van der Waals surface area (Å²) >= 11 is 0. The maximum atomic E-state index is 13.0. The van der Waals surface area contributed by atoms with E-state index in [1.165, 1.54) is 12.1 Å². The smallest absolute Gasteiger partial charge is 0.123 e. The number of nitrogens with zero attached hydrogens (tertiary/aromatic N) is 1. The van der Waals surface area contributed by atoms with E-state index in [0.29, 0.717) is 18.7 Å². The van der Waals surface area contributed by atoms with E-state index in [9.17, 15) is 14.6 Å². The van der Waals surface area contributed by atoms with Crippen LogP contribution in [-0.4, -0.2) is 54.4 Å². The number of aliphatic hydroxyl groups excluding tert-OH is 1. The fraction of sp³-hybridized carbons (Fsp3) is 0.571. The number of aliphatic hydroxyl groups is 2. The van der Waals surface area contributed by atoms with Crippen molar-refractivity contribution in [1.82, 2.24) is 10.2 Å². The minimum Gasteiger partial charge on any atom is -0.388 e. The van der Waals surface area contributed by atoms with Gasteiger partial charge in [0, 0.05) is 19.6 Å². The first-order valence-corrected chi connectivity index (χ1v) is 6.31. The molecule has 5 heteroatoms. The van der Waals surface area contributed by atoms with Crippen LogP contribution in [-0.2, 0) is 0 Å². The largest absolute Gasteiger partial charge is 0.388 e. The molecule has 1 aromatic rings. The highest BCUT2D eigenvalue weighted by molar-refractivity contribution is 5.18. The molecule has 0 radical (unpaired) electrons. The Morgan fingerprint density at radius 1 is 1.42 bits per heavy atom. The molecular weight excluding hydrogens is 247 g/mol. The zero-order valence-corrected chi connectivity index (χ0v) is 11.7. The maximum Gasteiger partial charge on any atom is 0.123 e. The predicted octanol–water partition coefficient (Wildman–Crippen LogP) is 0.761. The first kappa shape index (κ1) is 16.0. The molecule has 0 aromatic heterocycles. The van der Waals surface area contributed by atoms with Gasteiger partial charge in [0.25, 0.3) is 0 Å². The molecule has 0 aliphatic rings. The van der Waals surface area contributed by atoms with E-state index in [1.54, 1.807) is 19.1 Å². The lowest BCUT2D eigenvalue weighted by Crippen LogP contribution is -2.46. The van der Waals surface area contributed by atoms with Crippen molar-refractivity contribution in [3.05, 3.63) is 35.6 Å². The van der Waals surface area contributed by atoms with Crippen LogP contribution < -0.4 is 5.32 Å². The second kappa shape index (κ2) is 6.96. The van der Waals surface area contributed by atoms with Crippen LogP contribution in [0.2, 0.25) is 0 Å². The van der Waals surface area contributed by atoms with E-state index in [0.717, 1.165) is 0 Å². The molecule has 0 fully saturated rings. The van der Waals surface area contributed by atoms with Gasteiger partial charge in [0.1, 0.15) is 5.82 Å². The third-order valence-corrected chi connectivity index (χ3v) is 2.73. The Morgan fingerprint density at radius 3 is 2.68 bits per heavy atom. The van der Waals surface area contributed by atoms with Crippen molar-refractivity contribution < 1.29 is 14.6 Å². The van der Waals surface area contributed by atoms with Gasteiger partial charge in [-0.15, -0.1) is 0 Å². The number of hydrogen-bond donors (Lipinski definition) is 3. The number of nitrogens with one attached hydrogen (secondary N) is 1. The van der Waals surface area contributed by atoms with Gasteiger partial charge >= 0.3 is 0 Å². The summed E-state index contributed by atoms with van der Waals surface area (Å²) in [6.07, 6.45) is -0.786. The van der Waals surface area contributed by atoms with Crippen LogP contribution in [0.5, 0.6) is 0 Å². The minimum atomic E-state index is -0.870. The van der Waals surface area contributed by atoms with Crippen LogP contribution >= 0.6 is 0 Å². The Morgan fingerprint density at radius 2 is 2.11 bits per heavy atom. The Kier molecular flexibility index (Phi) is 5.87. The van der Waals surface area contributed by atoms with Crippen molar-refractivity contribution in [2.24, 2.45) is 0 Å². The van der Waals surface area contributed by atoms with Crippen LogP contribution in [0.15, 0.2) is 24.3 Å². The molecule has 0 aliphatic carbocycles. The van der Waals surface area contributed by atoms with Gasteiger partial charge in [-0.05, 0) is 38.7 Å². The second-order valence-electron chi connectivity index (χ2n) is 5.44. The average Bonchev–Trinajstić information content (AvgIpc) is 2.26. The SMILES string of the molecule is CN(C)CC(C)(O)CNCC(O)c1cccc(F)c1. The Bertz CT molecular complexity index is 397. The average molecular weight is 270 g/mol. The summed E-state index contributed by atoms with van der Waals surface area (Å²) in [5.74, 6) is -0.365. The fourth-order valence-corrected chi connectivity index (χ4v) is 2.05. The molecule has 0 saturated heterocycles. The Balaban J connectivity index is 2.40. The van der Waals surface area contributed by atoms with Gasteiger partial charge in [-0.2, -0.15) is 0 Å². The van der Waals surface area contributed by atoms with Crippen molar-refractivity contribution in [3.8, 4) is 0 Å². The quantitative estimate of drug-likeness (QED) is 0.685. The minimum absolute atomic E-state index is 0.271. The molecule has 2 unspecified atom stereocenters. The van der Waals surface area contributed by atoms with E-state index in [4.69, 9.17) is 0 Å². The first-order valence-electron chi connectivity index (χ1n) is 6.31. The summed E-state index contributed by atoms with van der Waals surface area (Å²) in [6.45, 7) is 2.88. The maximum absolute atomic E-state index is 13.0. The standard InChI is InChI=1S/C14H23FN2O2/c1-14(19,10-17(2)3)9-16-8-13(18)11-5-4-6-12(15)7-11/h4-7,13,16,18-19H,8-10H2,1-3H3. The molecule has 0 bridgehead atoms. The molecule has 1 aromatic carbocycles. The molecule has 0 aliphatic heterocycles. The van der Waals surface area contributed by atoms with Crippen LogP contribution in [0.1, 0.15) is 18.6 Å². The normalized spacial score (nSPS) is 16.4. The molecule has 1 rings (SSSR count). The second-order valence-corrected chi connectivity index (χ2v) is 5.44. The molecule has 0 amide bonds. The zero-order valence-electron chi connectivity index (χ0n) is 11.7. The third kappa shape index (κ3) is 6.11. The number of hydrogen-bond acceptors (Lipinski definition) is 4. The summed E-state index contributed by atoms with van der Waals surface area (Å²) < 4.78 is 13.0. The first-order chi connectivity index (χ1) is 8.80. The molecule has 4 nitrogen and oxygen atoms in total. The number of rotatable bonds is 7. The van der Waals surface area contributed by atoms with Crippen molar-refractivity contribution >= 4 is 0 Å². The fourth-order valence-electron chi connectivity index (χ4n) is 2.05. The van der Waals surface area contributed by atoms with E-state index in [-0.39, 0.29) is 12.4 Å². The van der Waals surface area contributed by atoms with Gasteiger partial charge in [0.05, 0.1) is 11.7 Å². The Labute approximate surface area is 113 Å². The summed E-state index contributed by atoms with van der Waals surface area (Å²) in [7, 11) is 3.77. The van der Waals surface area contributed by atoms with Crippen molar-refractivity contribution in [1.29, 1.82) is 0 Å². The highest BCUT2D eigenvalue weighted by Crippen LogP contribution is 2.13. The van der Waals surface area contributed by atoms with Crippen LogP contribution in [0, 0.1) is 5.82 Å². The molecule has 108 valence electrons. The van der Waals surface area contributed by atoms with Gasteiger partial charge in [0.15, 0.2) is 0 Å². The summed E-state index contributed by atoms with van der Waals surface area (Å²) in [6, 6.07) is 5.89. The van der Waals surface area contributed by atoms with E-state index < -0.39 is 11.7 Å². The summed E-state index contributed by atoms with van der Waals surface area (Å²) in [4.78, 5) is 1.89. The van der Waals surface area contributed by atoms with E-state index >= 15 is 0 Å². The van der Waals surface area contributed by atoms with Crippen LogP contribution in [0.25, 0.3) is 0 Å². The van der Waals surface area contributed by atoms with Gasteiger partial charge in [0.2, 0.25) is 0 Å². The van der Waals surface area contributed by atoms with Gasteiger partial charge in [-0.1, -0.05) is 12.1 Å². The Hall–Kier alpha value is -1.01. The van der Waals surface area contributed by atoms with Gasteiger partial charge in [-0.3, -0.25) is 0 Å².